The summed E-state index contributed by atoms with van der Waals surface area (Å²) in [6.45, 7) is 7.88. The van der Waals surface area contributed by atoms with Crippen molar-refractivity contribution in [1.29, 1.82) is 0 Å². The summed E-state index contributed by atoms with van der Waals surface area (Å²) in [5.41, 5.74) is 4.53. The highest BCUT2D eigenvalue weighted by Crippen LogP contribution is 2.28. The molecule has 0 radical (unpaired) electrons. The van der Waals surface area contributed by atoms with Crippen LogP contribution in [0, 0.1) is 27.7 Å². The zero-order chi connectivity index (χ0) is 19.5. The lowest BCUT2D eigenvalue weighted by molar-refractivity contribution is 0.354. The van der Waals surface area contributed by atoms with Gasteiger partial charge in [0, 0.05) is 6.54 Å². The fourth-order valence-electron chi connectivity index (χ4n) is 3.02. The van der Waals surface area contributed by atoms with Gasteiger partial charge in [0.1, 0.15) is 0 Å². The summed E-state index contributed by atoms with van der Waals surface area (Å²) >= 11 is 0. The second-order valence-corrected chi connectivity index (χ2v) is 8.13. The highest BCUT2D eigenvalue weighted by molar-refractivity contribution is 7.89. The van der Waals surface area contributed by atoms with Crippen molar-refractivity contribution in [2.45, 2.75) is 39.0 Å². The van der Waals surface area contributed by atoms with Crippen molar-refractivity contribution in [3.8, 4) is 11.5 Å². The molecular weight excluding hydrogens is 350 g/mol. The third-order valence-corrected chi connectivity index (χ3v) is 6.45. The van der Waals surface area contributed by atoms with Crippen molar-refractivity contribution < 1.29 is 17.9 Å². The van der Waals surface area contributed by atoms with E-state index in [9.17, 15) is 8.42 Å². The Bertz CT molecular complexity index is 878. The Balaban J connectivity index is 2.17. The molecule has 142 valence electrons. The number of methoxy groups -OCH3 is 2. The van der Waals surface area contributed by atoms with Gasteiger partial charge in [-0.25, -0.2) is 13.1 Å². The Morgan fingerprint density at radius 1 is 0.885 bits per heavy atom. The SMILES string of the molecule is COc1ccc(CCNS(=O)(=O)c2c(C)c(C)cc(C)c2C)cc1OC. The van der Waals surface area contributed by atoms with E-state index >= 15 is 0 Å². The predicted octanol–water partition coefficient (Wildman–Crippen LogP) is 3.46. The first kappa shape index (κ1) is 20.3. The van der Waals surface area contributed by atoms with E-state index in [1.54, 1.807) is 14.2 Å². The Morgan fingerprint density at radius 3 is 2.00 bits per heavy atom. The molecule has 2 aromatic carbocycles. The average molecular weight is 378 g/mol. The molecular formula is C20H27NO4S. The van der Waals surface area contributed by atoms with Gasteiger partial charge in [0.25, 0.3) is 0 Å². The van der Waals surface area contributed by atoms with E-state index in [1.165, 1.54) is 0 Å². The highest BCUT2D eigenvalue weighted by atomic mass is 32.2. The maximum absolute atomic E-state index is 12.8. The van der Waals surface area contributed by atoms with Gasteiger partial charge in [0.15, 0.2) is 11.5 Å². The second kappa shape index (κ2) is 8.10. The van der Waals surface area contributed by atoms with Crippen LogP contribution < -0.4 is 14.2 Å². The molecule has 2 rings (SSSR count). The van der Waals surface area contributed by atoms with Crippen molar-refractivity contribution in [1.82, 2.24) is 4.72 Å². The minimum atomic E-state index is -3.57. The summed E-state index contributed by atoms with van der Waals surface area (Å²) in [7, 11) is -0.408. The fourth-order valence-corrected chi connectivity index (χ4v) is 4.67. The minimum Gasteiger partial charge on any atom is -0.493 e. The molecule has 6 heteroatoms. The second-order valence-electron chi connectivity index (χ2n) is 6.43. The summed E-state index contributed by atoms with van der Waals surface area (Å²) < 4.78 is 38.9. The first-order valence-electron chi connectivity index (χ1n) is 8.49. The lowest BCUT2D eigenvalue weighted by Crippen LogP contribution is -2.27. The van der Waals surface area contributed by atoms with Crippen molar-refractivity contribution in [3.63, 3.8) is 0 Å². The number of aryl methyl sites for hydroxylation is 2. The quantitative estimate of drug-likeness (QED) is 0.803. The van der Waals surface area contributed by atoms with Gasteiger partial charge in [0.2, 0.25) is 10.0 Å². The van der Waals surface area contributed by atoms with Gasteiger partial charge in [-0.3, -0.25) is 0 Å². The van der Waals surface area contributed by atoms with E-state index in [-0.39, 0.29) is 0 Å². The molecule has 0 fully saturated rings. The topological polar surface area (TPSA) is 64.6 Å². The first-order valence-corrected chi connectivity index (χ1v) is 9.97. The molecule has 1 N–H and O–H groups in total. The van der Waals surface area contributed by atoms with Crippen LogP contribution in [0.2, 0.25) is 0 Å². The smallest absolute Gasteiger partial charge is 0.241 e. The van der Waals surface area contributed by atoms with E-state index < -0.39 is 10.0 Å². The van der Waals surface area contributed by atoms with Crippen molar-refractivity contribution in [3.05, 3.63) is 52.1 Å². The zero-order valence-electron chi connectivity index (χ0n) is 16.3. The van der Waals surface area contributed by atoms with E-state index in [2.05, 4.69) is 4.72 Å². The monoisotopic (exact) mass is 377 g/mol. The number of hydrogen-bond donors (Lipinski definition) is 1. The minimum absolute atomic E-state index is 0.309. The van der Waals surface area contributed by atoms with E-state index in [0.29, 0.717) is 29.4 Å². The standard InChI is InChI=1S/C20H27NO4S/c1-13-11-14(2)16(4)20(15(13)3)26(22,23)21-10-9-17-7-8-18(24-5)19(12-17)25-6/h7-8,11-12,21H,9-10H2,1-6H3. The summed E-state index contributed by atoms with van der Waals surface area (Å²) in [4.78, 5) is 0.391. The summed E-state index contributed by atoms with van der Waals surface area (Å²) in [5, 5.41) is 0. The summed E-state index contributed by atoms with van der Waals surface area (Å²) in [6, 6.07) is 7.61. The highest BCUT2D eigenvalue weighted by Gasteiger charge is 2.21. The molecule has 0 saturated heterocycles. The van der Waals surface area contributed by atoms with Crippen LogP contribution in [0.4, 0.5) is 0 Å². The van der Waals surface area contributed by atoms with E-state index in [1.807, 2.05) is 52.0 Å². The van der Waals surface area contributed by atoms with Crippen molar-refractivity contribution in [2.75, 3.05) is 20.8 Å². The molecule has 0 atom stereocenters. The summed E-state index contributed by atoms with van der Waals surface area (Å²) in [6.07, 6.45) is 0.558. The molecule has 0 heterocycles. The van der Waals surface area contributed by atoms with Crippen LogP contribution >= 0.6 is 0 Å². The van der Waals surface area contributed by atoms with Gasteiger partial charge in [0.05, 0.1) is 19.1 Å². The molecule has 0 amide bonds. The normalized spacial score (nSPS) is 11.5. The van der Waals surface area contributed by atoms with Gasteiger partial charge in [-0.2, -0.15) is 0 Å². The number of nitrogens with one attached hydrogen (secondary N) is 1. The van der Waals surface area contributed by atoms with Crippen LogP contribution in [0.25, 0.3) is 0 Å². The number of benzene rings is 2. The average Bonchev–Trinajstić information content (AvgIpc) is 2.59. The molecule has 0 aliphatic rings. The molecule has 0 bridgehead atoms. The van der Waals surface area contributed by atoms with E-state index in [0.717, 1.165) is 27.8 Å². The summed E-state index contributed by atoms with van der Waals surface area (Å²) in [5.74, 6) is 1.28. The van der Waals surface area contributed by atoms with E-state index in [4.69, 9.17) is 9.47 Å². The van der Waals surface area contributed by atoms with Crippen LogP contribution in [-0.4, -0.2) is 29.2 Å². The van der Waals surface area contributed by atoms with Gasteiger partial charge in [-0.1, -0.05) is 12.1 Å². The maximum atomic E-state index is 12.8. The van der Waals surface area contributed by atoms with Crippen LogP contribution in [-0.2, 0) is 16.4 Å². The molecule has 0 aliphatic carbocycles. The van der Waals surface area contributed by atoms with Crippen LogP contribution in [0.15, 0.2) is 29.2 Å². The Labute approximate surface area is 156 Å². The van der Waals surface area contributed by atoms with Crippen LogP contribution in [0.1, 0.15) is 27.8 Å². The van der Waals surface area contributed by atoms with Crippen molar-refractivity contribution >= 4 is 10.0 Å². The molecule has 0 spiro atoms. The zero-order valence-corrected chi connectivity index (χ0v) is 17.1. The Kier molecular flexibility index (Phi) is 6.31. The molecule has 0 aliphatic heterocycles. The molecule has 26 heavy (non-hydrogen) atoms. The van der Waals surface area contributed by atoms with Gasteiger partial charge >= 0.3 is 0 Å². The fraction of sp³-hybridized carbons (Fsp3) is 0.400. The molecule has 0 saturated carbocycles. The predicted molar refractivity (Wildman–Crippen MR) is 104 cm³/mol. The molecule has 2 aromatic rings. The first-order chi connectivity index (χ1) is 12.2. The lowest BCUT2D eigenvalue weighted by Gasteiger charge is -2.16. The van der Waals surface area contributed by atoms with Gasteiger partial charge < -0.3 is 9.47 Å². The van der Waals surface area contributed by atoms with Crippen LogP contribution in [0.3, 0.4) is 0 Å². The maximum Gasteiger partial charge on any atom is 0.241 e. The molecule has 5 nitrogen and oxygen atoms in total. The van der Waals surface area contributed by atoms with Crippen molar-refractivity contribution in [2.24, 2.45) is 0 Å². The largest absolute Gasteiger partial charge is 0.493 e. The van der Waals surface area contributed by atoms with Crippen LogP contribution in [0.5, 0.6) is 11.5 Å². The Morgan fingerprint density at radius 2 is 1.46 bits per heavy atom. The van der Waals surface area contributed by atoms with Gasteiger partial charge in [-0.15, -0.1) is 0 Å². The van der Waals surface area contributed by atoms with Gasteiger partial charge in [-0.05, 0) is 74.1 Å². The molecule has 0 unspecified atom stereocenters. The lowest BCUT2D eigenvalue weighted by atomic mass is 10.0. The molecule has 0 aromatic heterocycles. The third-order valence-electron chi connectivity index (χ3n) is 4.72. The number of rotatable bonds is 7. The number of sulfonamides is 1. The third kappa shape index (κ3) is 4.19. The number of ether oxygens (including phenoxy) is 2. The number of hydrogen-bond acceptors (Lipinski definition) is 4. The Hall–Kier alpha value is -2.05.